The summed E-state index contributed by atoms with van der Waals surface area (Å²) in [6, 6.07) is 11.7. The van der Waals surface area contributed by atoms with Crippen LogP contribution in [0.4, 0.5) is 17.1 Å². The van der Waals surface area contributed by atoms with Gasteiger partial charge in [-0.05, 0) is 43.3 Å². The Labute approximate surface area is 152 Å². The molecule has 0 aliphatic carbocycles. The number of nitro groups is 1. The van der Waals surface area contributed by atoms with Crippen molar-refractivity contribution in [3.63, 3.8) is 0 Å². The number of amides is 1. The highest BCUT2D eigenvalue weighted by molar-refractivity contribution is 5.92. The van der Waals surface area contributed by atoms with Gasteiger partial charge >= 0.3 is 0 Å². The summed E-state index contributed by atoms with van der Waals surface area (Å²) in [6.45, 7) is 1.66. The molecule has 3 aromatic rings. The van der Waals surface area contributed by atoms with Gasteiger partial charge in [0.15, 0.2) is 5.69 Å². The molecule has 0 bridgehead atoms. The Bertz CT molecular complexity index is 1090. The minimum absolute atomic E-state index is 0.0746. The Morgan fingerprint density at radius 1 is 1.11 bits per heavy atom. The van der Waals surface area contributed by atoms with Crippen molar-refractivity contribution < 1.29 is 9.72 Å². The second-order valence-electron chi connectivity index (χ2n) is 5.61. The fourth-order valence-electron chi connectivity index (χ4n) is 2.36. The van der Waals surface area contributed by atoms with Crippen LogP contribution in [0.1, 0.15) is 16.1 Å². The standard InChI is InChI=1S/C17H14N6O4/c1-10-15(20-19-12-4-2-11(3-5-12)16(18)24)17(25)22(21-10)13-6-8-14(9-7-13)23(26)27/h2-9,21H,1H3,(H2,18,24). The third kappa shape index (κ3) is 3.63. The number of nitrogens with two attached hydrogens (primary N) is 1. The van der Waals surface area contributed by atoms with Gasteiger partial charge in [0, 0.05) is 17.7 Å². The van der Waals surface area contributed by atoms with Crippen LogP contribution in [0.15, 0.2) is 63.6 Å². The fraction of sp³-hybridized carbons (Fsp3) is 0.0588. The van der Waals surface area contributed by atoms with E-state index in [2.05, 4.69) is 15.3 Å². The number of primary amides is 1. The highest BCUT2D eigenvalue weighted by atomic mass is 16.6. The number of carbonyl (C=O) groups excluding carboxylic acids is 1. The first kappa shape index (κ1) is 17.7. The van der Waals surface area contributed by atoms with Crippen molar-refractivity contribution in [3.05, 3.63) is 80.3 Å². The molecule has 10 heteroatoms. The number of azo groups is 1. The quantitative estimate of drug-likeness (QED) is 0.405. The normalized spacial score (nSPS) is 11.0. The van der Waals surface area contributed by atoms with Crippen molar-refractivity contribution in [2.24, 2.45) is 16.0 Å². The number of hydrogen-bond donors (Lipinski definition) is 2. The second-order valence-corrected chi connectivity index (χ2v) is 5.61. The fourth-order valence-corrected chi connectivity index (χ4v) is 2.36. The summed E-state index contributed by atoms with van der Waals surface area (Å²) in [5.74, 6) is -0.550. The van der Waals surface area contributed by atoms with E-state index in [1.165, 1.54) is 41.1 Å². The molecule has 3 N–H and O–H groups in total. The van der Waals surface area contributed by atoms with Crippen molar-refractivity contribution in [1.29, 1.82) is 0 Å². The van der Waals surface area contributed by atoms with Gasteiger partial charge in [0.05, 0.1) is 22.0 Å². The number of nitrogens with zero attached hydrogens (tertiary/aromatic N) is 4. The zero-order chi connectivity index (χ0) is 19.6. The number of hydrogen-bond acceptors (Lipinski definition) is 6. The zero-order valence-electron chi connectivity index (χ0n) is 14.1. The molecule has 0 aliphatic rings. The van der Waals surface area contributed by atoms with Crippen LogP contribution in [0.25, 0.3) is 5.69 Å². The van der Waals surface area contributed by atoms with Gasteiger partial charge in [0.2, 0.25) is 5.91 Å². The Balaban J connectivity index is 1.90. The Morgan fingerprint density at radius 2 is 1.74 bits per heavy atom. The molecule has 0 unspecified atom stereocenters. The number of aromatic amines is 1. The van der Waals surface area contributed by atoms with E-state index in [-0.39, 0.29) is 11.4 Å². The van der Waals surface area contributed by atoms with Crippen molar-refractivity contribution in [3.8, 4) is 5.69 Å². The molecule has 0 radical (unpaired) electrons. The minimum atomic E-state index is -0.550. The molecule has 1 aromatic heterocycles. The van der Waals surface area contributed by atoms with Gasteiger partial charge in [-0.1, -0.05) is 0 Å². The second kappa shape index (κ2) is 7.04. The smallest absolute Gasteiger partial charge is 0.299 e. The molecule has 0 fully saturated rings. The van der Waals surface area contributed by atoms with Crippen LogP contribution in [0.3, 0.4) is 0 Å². The Morgan fingerprint density at radius 3 is 2.30 bits per heavy atom. The minimum Gasteiger partial charge on any atom is -0.366 e. The van der Waals surface area contributed by atoms with E-state index >= 15 is 0 Å². The largest absolute Gasteiger partial charge is 0.366 e. The van der Waals surface area contributed by atoms with Gasteiger partial charge in [-0.3, -0.25) is 24.8 Å². The van der Waals surface area contributed by atoms with Gasteiger partial charge < -0.3 is 5.73 Å². The van der Waals surface area contributed by atoms with Crippen LogP contribution >= 0.6 is 0 Å². The van der Waals surface area contributed by atoms with Crippen molar-refractivity contribution in [2.45, 2.75) is 6.92 Å². The molecular formula is C17H14N6O4. The number of aromatic nitrogens is 2. The molecule has 0 saturated carbocycles. The van der Waals surface area contributed by atoms with Crippen LogP contribution in [0.5, 0.6) is 0 Å². The van der Waals surface area contributed by atoms with Gasteiger partial charge in [0.1, 0.15) is 0 Å². The lowest BCUT2D eigenvalue weighted by molar-refractivity contribution is -0.384. The molecule has 1 amide bonds. The Kier molecular flexibility index (Phi) is 4.62. The molecule has 136 valence electrons. The predicted molar refractivity (Wildman–Crippen MR) is 96.9 cm³/mol. The average Bonchev–Trinajstić information content (AvgIpc) is 2.94. The van der Waals surface area contributed by atoms with Crippen LogP contribution in [-0.4, -0.2) is 20.6 Å². The number of benzene rings is 2. The molecule has 0 saturated heterocycles. The molecule has 3 rings (SSSR count). The van der Waals surface area contributed by atoms with E-state index in [1.807, 2.05) is 0 Å². The molecule has 2 aromatic carbocycles. The number of carbonyl (C=O) groups is 1. The van der Waals surface area contributed by atoms with Gasteiger partial charge in [-0.15, -0.1) is 5.11 Å². The van der Waals surface area contributed by atoms with E-state index in [1.54, 1.807) is 19.1 Å². The number of nitrogens with one attached hydrogen (secondary N) is 1. The number of rotatable bonds is 5. The maximum Gasteiger partial charge on any atom is 0.299 e. The third-order valence-corrected chi connectivity index (χ3v) is 3.78. The summed E-state index contributed by atoms with van der Waals surface area (Å²) in [5, 5.41) is 21.6. The van der Waals surface area contributed by atoms with E-state index in [0.717, 1.165) is 0 Å². The van der Waals surface area contributed by atoms with Gasteiger partial charge in [0.25, 0.3) is 11.2 Å². The van der Waals surface area contributed by atoms with E-state index in [4.69, 9.17) is 5.73 Å². The van der Waals surface area contributed by atoms with E-state index in [0.29, 0.717) is 22.6 Å². The third-order valence-electron chi connectivity index (χ3n) is 3.78. The zero-order valence-corrected chi connectivity index (χ0v) is 14.1. The first-order valence-electron chi connectivity index (χ1n) is 7.75. The van der Waals surface area contributed by atoms with Gasteiger partial charge in [-0.2, -0.15) is 5.11 Å². The summed E-state index contributed by atoms with van der Waals surface area (Å²) < 4.78 is 1.23. The lowest BCUT2D eigenvalue weighted by atomic mass is 10.2. The van der Waals surface area contributed by atoms with Crippen LogP contribution in [0, 0.1) is 17.0 Å². The van der Waals surface area contributed by atoms with Crippen LogP contribution in [-0.2, 0) is 0 Å². The van der Waals surface area contributed by atoms with E-state index in [9.17, 15) is 19.7 Å². The molecule has 1 heterocycles. The monoisotopic (exact) mass is 366 g/mol. The summed E-state index contributed by atoms with van der Waals surface area (Å²) in [6.07, 6.45) is 0. The van der Waals surface area contributed by atoms with Crippen LogP contribution < -0.4 is 11.3 Å². The molecule has 10 nitrogen and oxygen atoms in total. The molecule has 27 heavy (non-hydrogen) atoms. The Hall–Kier alpha value is -4.08. The summed E-state index contributed by atoms with van der Waals surface area (Å²) in [4.78, 5) is 33.8. The number of nitro benzene ring substituents is 1. The summed E-state index contributed by atoms with van der Waals surface area (Å²) in [5.41, 5.74) is 6.46. The maximum absolute atomic E-state index is 12.6. The lowest BCUT2D eigenvalue weighted by Gasteiger charge is -2.00. The first-order chi connectivity index (χ1) is 12.9. The SMILES string of the molecule is Cc1[nH]n(-c2ccc([N+](=O)[O-])cc2)c(=O)c1N=Nc1ccc(C(N)=O)cc1. The van der Waals surface area contributed by atoms with E-state index < -0.39 is 16.4 Å². The number of H-pyrrole nitrogens is 1. The molecule has 0 aliphatic heterocycles. The number of non-ortho nitro benzene ring substituents is 1. The number of aryl methyl sites for hydroxylation is 1. The molecule has 0 spiro atoms. The van der Waals surface area contributed by atoms with Crippen molar-refractivity contribution >= 4 is 23.0 Å². The van der Waals surface area contributed by atoms with Crippen molar-refractivity contribution in [1.82, 2.24) is 9.78 Å². The molecule has 0 atom stereocenters. The highest BCUT2D eigenvalue weighted by Crippen LogP contribution is 2.20. The first-order valence-corrected chi connectivity index (χ1v) is 7.75. The topological polar surface area (TPSA) is 149 Å². The highest BCUT2D eigenvalue weighted by Gasteiger charge is 2.13. The van der Waals surface area contributed by atoms with Crippen LogP contribution in [0.2, 0.25) is 0 Å². The molecular weight excluding hydrogens is 352 g/mol. The maximum atomic E-state index is 12.6. The average molecular weight is 366 g/mol. The summed E-state index contributed by atoms with van der Waals surface area (Å²) >= 11 is 0. The summed E-state index contributed by atoms with van der Waals surface area (Å²) in [7, 11) is 0. The predicted octanol–water partition coefficient (Wildman–Crippen LogP) is 2.90. The van der Waals surface area contributed by atoms with Crippen molar-refractivity contribution in [2.75, 3.05) is 0 Å². The van der Waals surface area contributed by atoms with Gasteiger partial charge in [-0.25, -0.2) is 4.68 Å². The lowest BCUT2D eigenvalue weighted by Crippen LogP contribution is -2.13.